The van der Waals surface area contributed by atoms with Gasteiger partial charge in [0.1, 0.15) is 12.4 Å². The third-order valence-corrected chi connectivity index (χ3v) is 5.30. The molecule has 3 aromatic rings. The molecule has 0 fully saturated rings. The highest BCUT2D eigenvalue weighted by molar-refractivity contribution is 6.32. The Morgan fingerprint density at radius 1 is 0.967 bits per heavy atom. The lowest BCUT2D eigenvalue weighted by Crippen LogP contribution is -2.18. The quantitative estimate of drug-likeness (QED) is 0.384. The fourth-order valence-corrected chi connectivity index (χ4v) is 3.56. The van der Waals surface area contributed by atoms with Crippen LogP contribution >= 0.6 is 23.2 Å². The van der Waals surface area contributed by atoms with Gasteiger partial charge in [0.05, 0.1) is 16.7 Å². The maximum Gasteiger partial charge on any atom is 0.180 e. The van der Waals surface area contributed by atoms with E-state index in [0.29, 0.717) is 40.3 Å². The third-order valence-electron chi connectivity index (χ3n) is 4.67. The van der Waals surface area contributed by atoms with Crippen molar-refractivity contribution in [1.82, 2.24) is 5.32 Å². The van der Waals surface area contributed by atoms with E-state index in [1.807, 2.05) is 37.3 Å². The molecule has 158 valence electrons. The van der Waals surface area contributed by atoms with Crippen LogP contribution in [0.1, 0.15) is 36.6 Å². The van der Waals surface area contributed by atoms with Gasteiger partial charge in [0.25, 0.3) is 0 Å². The molecule has 0 aromatic heterocycles. The predicted molar refractivity (Wildman–Crippen MR) is 120 cm³/mol. The van der Waals surface area contributed by atoms with Crippen LogP contribution in [0, 0.1) is 5.82 Å². The molecule has 3 aromatic carbocycles. The summed E-state index contributed by atoms with van der Waals surface area (Å²) in [6, 6.07) is 18.4. The molecule has 0 saturated carbocycles. The zero-order valence-electron chi connectivity index (χ0n) is 16.9. The summed E-state index contributed by atoms with van der Waals surface area (Å²) in [5.41, 5.74) is 2.86. The average Bonchev–Trinajstić information content (AvgIpc) is 2.73. The number of benzene rings is 3. The number of rotatable bonds is 9. The van der Waals surface area contributed by atoms with Crippen molar-refractivity contribution in [3.05, 3.63) is 93.2 Å². The zero-order valence-corrected chi connectivity index (χ0v) is 18.4. The number of hydrogen-bond donors (Lipinski definition) is 1. The molecule has 3 rings (SSSR count). The number of nitrogens with one attached hydrogen (secondary N) is 1. The fourth-order valence-electron chi connectivity index (χ4n) is 3.05. The summed E-state index contributed by atoms with van der Waals surface area (Å²) in [5, 5.41) is 4.25. The Bertz CT molecular complexity index is 982. The van der Waals surface area contributed by atoms with Crippen LogP contribution in [0.15, 0.2) is 60.7 Å². The lowest BCUT2D eigenvalue weighted by molar-refractivity contribution is 0.269. The maximum absolute atomic E-state index is 13.2. The van der Waals surface area contributed by atoms with Gasteiger partial charge in [-0.3, -0.25) is 0 Å². The first-order valence-electron chi connectivity index (χ1n) is 9.78. The lowest BCUT2D eigenvalue weighted by Gasteiger charge is -2.18. The van der Waals surface area contributed by atoms with Crippen LogP contribution in [0.5, 0.6) is 11.5 Å². The third kappa shape index (κ3) is 5.88. The standard InChI is InChI=1S/C24H24Cl2FNO2/c1-3-29-23-12-17(14-28-16(2)18-7-5-4-6-8-18)11-22(26)24(23)30-15-19-9-10-20(27)13-21(19)25/h4-13,16,28H,3,14-15H2,1-2H3. The Hall–Kier alpha value is -2.27. The van der Waals surface area contributed by atoms with E-state index in [4.69, 9.17) is 32.7 Å². The first-order valence-corrected chi connectivity index (χ1v) is 10.5. The Morgan fingerprint density at radius 2 is 1.73 bits per heavy atom. The zero-order chi connectivity index (χ0) is 21.5. The monoisotopic (exact) mass is 447 g/mol. The summed E-state index contributed by atoms with van der Waals surface area (Å²) in [5.74, 6) is 0.615. The van der Waals surface area contributed by atoms with Gasteiger partial charge in [-0.1, -0.05) is 59.6 Å². The molecule has 1 N–H and O–H groups in total. The van der Waals surface area contributed by atoms with Crippen molar-refractivity contribution < 1.29 is 13.9 Å². The Labute approximate surface area is 186 Å². The van der Waals surface area contributed by atoms with Crippen molar-refractivity contribution in [2.45, 2.75) is 33.0 Å². The van der Waals surface area contributed by atoms with Crippen LogP contribution in [0.4, 0.5) is 4.39 Å². The van der Waals surface area contributed by atoms with Crippen LogP contribution in [-0.2, 0) is 13.2 Å². The second kappa shape index (κ2) is 10.7. The van der Waals surface area contributed by atoms with Gasteiger partial charge in [0, 0.05) is 18.2 Å². The smallest absolute Gasteiger partial charge is 0.180 e. The van der Waals surface area contributed by atoms with E-state index >= 15 is 0 Å². The highest BCUT2D eigenvalue weighted by atomic mass is 35.5. The molecule has 0 heterocycles. The second-order valence-corrected chi connectivity index (χ2v) is 7.69. The van der Waals surface area contributed by atoms with E-state index in [-0.39, 0.29) is 12.6 Å². The Morgan fingerprint density at radius 3 is 2.43 bits per heavy atom. The van der Waals surface area contributed by atoms with Gasteiger partial charge in [-0.2, -0.15) is 0 Å². The largest absolute Gasteiger partial charge is 0.490 e. The molecule has 3 nitrogen and oxygen atoms in total. The molecule has 0 radical (unpaired) electrons. The number of hydrogen-bond acceptors (Lipinski definition) is 3. The van der Waals surface area contributed by atoms with Gasteiger partial charge < -0.3 is 14.8 Å². The normalized spacial score (nSPS) is 11.9. The summed E-state index contributed by atoms with van der Waals surface area (Å²) in [7, 11) is 0. The summed E-state index contributed by atoms with van der Waals surface area (Å²) >= 11 is 12.6. The van der Waals surface area contributed by atoms with E-state index in [2.05, 4.69) is 24.4 Å². The van der Waals surface area contributed by atoms with Crippen molar-refractivity contribution in [3.63, 3.8) is 0 Å². The molecular formula is C24H24Cl2FNO2. The van der Waals surface area contributed by atoms with E-state index in [9.17, 15) is 4.39 Å². The molecule has 0 bridgehead atoms. The lowest BCUT2D eigenvalue weighted by atomic mass is 10.1. The molecule has 0 spiro atoms. The Balaban J connectivity index is 1.73. The van der Waals surface area contributed by atoms with Crippen molar-refractivity contribution in [2.24, 2.45) is 0 Å². The molecule has 30 heavy (non-hydrogen) atoms. The summed E-state index contributed by atoms with van der Waals surface area (Å²) in [6.07, 6.45) is 0. The highest BCUT2D eigenvalue weighted by Gasteiger charge is 2.15. The minimum atomic E-state index is -0.390. The first kappa shape index (κ1) is 22.4. The van der Waals surface area contributed by atoms with E-state index < -0.39 is 5.82 Å². The van der Waals surface area contributed by atoms with Gasteiger partial charge in [0.2, 0.25) is 0 Å². The van der Waals surface area contributed by atoms with Crippen LogP contribution in [0.25, 0.3) is 0 Å². The SMILES string of the molecule is CCOc1cc(CNC(C)c2ccccc2)cc(Cl)c1OCc1ccc(F)cc1Cl. The molecule has 0 aliphatic rings. The van der Waals surface area contributed by atoms with Crippen molar-refractivity contribution in [3.8, 4) is 11.5 Å². The average molecular weight is 448 g/mol. The summed E-state index contributed by atoms with van der Waals surface area (Å²) in [6.45, 7) is 5.27. The number of halogens is 3. The molecule has 0 amide bonds. The molecule has 0 saturated heterocycles. The van der Waals surface area contributed by atoms with Crippen LogP contribution in [-0.4, -0.2) is 6.61 Å². The van der Waals surface area contributed by atoms with E-state index in [0.717, 1.165) is 5.56 Å². The molecule has 0 aliphatic carbocycles. The van der Waals surface area contributed by atoms with Crippen molar-refractivity contribution in [2.75, 3.05) is 6.61 Å². The van der Waals surface area contributed by atoms with Gasteiger partial charge in [-0.05, 0) is 49.2 Å². The molecule has 0 aliphatic heterocycles. The summed E-state index contributed by atoms with van der Waals surface area (Å²) in [4.78, 5) is 0. The van der Waals surface area contributed by atoms with Crippen LogP contribution < -0.4 is 14.8 Å². The van der Waals surface area contributed by atoms with Crippen LogP contribution in [0.3, 0.4) is 0 Å². The van der Waals surface area contributed by atoms with Gasteiger partial charge in [0.15, 0.2) is 11.5 Å². The first-order chi connectivity index (χ1) is 14.5. The van der Waals surface area contributed by atoms with E-state index in [1.165, 1.54) is 17.7 Å². The topological polar surface area (TPSA) is 30.5 Å². The van der Waals surface area contributed by atoms with Crippen molar-refractivity contribution >= 4 is 23.2 Å². The molecule has 1 unspecified atom stereocenters. The minimum absolute atomic E-state index is 0.154. The van der Waals surface area contributed by atoms with Crippen molar-refractivity contribution in [1.29, 1.82) is 0 Å². The molecular weight excluding hydrogens is 424 g/mol. The minimum Gasteiger partial charge on any atom is -0.490 e. The van der Waals surface area contributed by atoms with Crippen LogP contribution in [0.2, 0.25) is 10.0 Å². The number of ether oxygens (including phenoxy) is 2. The van der Waals surface area contributed by atoms with Gasteiger partial charge in [-0.15, -0.1) is 0 Å². The summed E-state index contributed by atoms with van der Waals surface area (Å²) < 4.78 is 24.9. The molecule has 6 heteroatoms. The highest BCUT2D eigenvalue weighted by Crippen LogP contribution is 2.37. The molecule has 1 atom stereocenters. The van der Waals surface area contributed by atoms with E-state index in [1.54, 1.807) is 6.07 Å². The van der Waals surface area contributed by atoms with Gasteiger partial charge >= 0.3 is 0 Å². The predicted octanol–water partition coefficient (Wildman–Crippen LogP) is 6.96. The van der Waals surface area contributed by atoms with Gasteiger partial charge in [-0.25, -0.2) is 4.39 Å². The maximum atomic E-state index is 13.2. The second-order valence-electron chi connectivity index (χ2n) is 6.88. The fraction of sp³-hybridized carbons (Fsp3) is 0.250. The Kier molecular flexibility index (Phi) is 7.97.